The quantitative estimate of drug-likeness (QED) is 0.624. The summed E-state index contributed by atoms with van der Waals surface area (Å²) in [6.45, 7) is 3.10. The lowest BCUT2D eigenvalue weighted by atomic mass is 10.2. The fraction of sp³-hybridized carbons (Fsp3) is 0.615. The Hall–Kier alpha value is -0.880. The zero-order valence-corrected chi connectivity index (χ0v) is 13.2. The molecule has 1 aromatic rings. The van der Waals surface area contributed by atoms with Crippen LogP contribution in [0.1, 0.15) is 32.6 Å². The van der Waals surface area contributed by atoms with E-state index in [0.29, 0.717) is 34.6 Å². The van der Waals surface area contributed by atoms with E-state index in [1.54, 1.807) is 6.07 Å². The number of nitrogens with one attached hydrogen (secondary N) is 2. The van der Waals surface area contributed by atoms with Crippen molar-refractivity contribution in [1.29, 1.82) is 0 Å². The molecule has 0 bridgehead atoms. The molecule has 0 aromatic carbocycles. The van der Waals surface area contributed by atoms with Crippen LogP contribution in [0.5, 0.6) is 0 Å². The third kappa shape index (κ3) is 7.09. The molecule has 0 aliphatic rings. The maximum Gasteiger partial charge on any atom is 0.389 e. The van der Waals surface area contributed by atoms with Gasteiger partial charge in [0.05, 0.1) is 10.0 Å². The Kier molecular flexibility index (Phi) is 7.39. The minimum Gasteiger partial charge on any atom is -0.369 e. The van der Waals surface area contributed by atoms with Crippen molar-refractivity contribution in [3.05, 3.63) is 16.1 Å². The predicted octanol–water partition coefficient (Wildman–Crippen LogP) is 5.35. The second-order valence-corrected chi connectivity index (χ2v) is 5.39. The first kappa shape index (κ1) is 18.2. The van der Waals surface area contributed by atoms with E-state index in [0.717, 1.165) is 13.0 Å². The number of anilines is 2. The van der Waals surface area contributed by atoms with Gasteiger partial charge in [-0.3, -0.25) is 0 Å². The summed E-state index contributed by atoms with van der Waals surface area (Å²) >= 11 is 12.0. The molecule has 0 atom stereocenters. The first-order valence-electron chi connectivity index (χ1n) is 6.74. The van der Waals surface area contributed by atoms with Crippen molar-refractivity contribution in [3.63, 3.8) is 0 Å². The van der Waals surface area contributed by atoms with Gasteiger partial charge in [-0.25, -0.2) is 4.98 Å². The Balaban J connectivity index is 2.50. The van der Waals surface area contributed by atoms with Crippen LogP contribution in [-0.4, -0.2) is 24.2 Å². The maximum atomic E-state index is 12.0. The normalized spacial score (nSPS) is 11.5. The molecular weight excluding hydrogens is 326 g/mol. The lowest BCUT2D eigenvalue weighted by molar-refractivity contribution is -0.135. The molecule has 2 N–H and O–H groups in total. The molecule has 120 valence electrons. The lowest BCUT2D eigenvalue weighted by Crippen LogP contribution is -2.10. The summed E-state index contributed by atoms with van der Waals surface area (Å²) in [5.41, 5.74) is 0. The van der Waals surface area contributed by atoms with E-state index >= 15 is 0 Å². The Morgan fingerprint density at radius 1 is 1.05 bits per heavy atom. The smallest absolute Gasteiger partial charge is 0.369 e. The van der Waals surface area contributed by atoms with Crippen molar-refractivity contribution >= 4 is 34.8 Å². The highest BCUT2D eigenvalue weighted by molar-refractivity contribution is 6.37. The number of aromatic nitrogens is 1. The number of hydrogen-bond donors (Lipinski definition) is 2. The first-order valence-corrected chi connectivity index (χ1v) is 7.49. The van der Waals surface area contributed by atoms with Crippen LogP contribution in [0.15, 0.2) is 6.07 Å². The molecule has 0 aliphatic heterocycles. The highest BCUT2D eigenvalue weighted by Gasteiger charge is 2.25. The molecule has 0 radical (unpaired) electrons. The molecule has 8 heteroatoms. The number of hydrogen-bond acceptors (Lipinski definition) is 3. The molecule has 0 spiro atoms. The van der Waals surface area contributed by atoms with Crippen molar-refractivity contribution in [2.45, 2.75) is 38.8 Å². The van der Waals surface area contributed by atoms with Crippen LogP contribution in [-0.2, 0) is 0 Å². The van der Waals surface area contributed by atoms with Crippen molar-refractivity contribution in [2.24, 2.45) is 0 Å². The van der Waals surface area contributed by atoms with E-state index in [-0.39, 0.29) is 6.42 Å². The van der Waals surface area contributed by atoms with Gasteiger partial charge in [-0.1, -0.05) is 30.1 Å². The Labute approximate surface area is 132 Å². The summed E-state index contributed by atoms with van der Waals surface area (Å²) in [6, 6.07) is 1.56. The molecule has 21 heavy (non-hydrogen) atoms. The van der Waals surface area contributed by atoms with Crippen LogP contribution in [0.25, 0.3) is 0 Å². The number of nitrogens with zero attached hydrogens (tertiary/aromatic N) is 1. The van der Waals surface area contributed by atoms with Crippen LogP contribution in [0, 0.1) is 0 Å². The van der Waals surface area contributed by atoms with Gasteiger partial charge >= 0.3 is 6.18 Å². The highest BCUT2D eigenvalue weighted by atomic mass is 35.5. The van der Waals surface area contributed by atoms with Gasteiger partial charge in [0.25, 0.3) is 0 Å². The fourth-order valence-corrected chi connectivity index (χ4v) is 2.11. The molecule has 3 nitrogen and oxygen atoms in total. The Morgan fingerprint density at radius 2 is 1.62 bits per heavy atom. The van der Waals surface area contributed by atoms with Crippen LogP contribution in [0.4, 0.5) is 24.8 Å². The summed E-state index contributed by atoms with van der Waals surface area (Å²) in [4.78, 5) is 4.25. The minimum atomic E-state index is -4.10. The summed E-state index contributed by atoms with van der Waals surface area (Å²) in [6.07, 6.45) is -3.51. The second-order valence-electron chi connectivity index (χ2n) is 4.58. The van der Waals surface area contributed by atoms with Gasteiger partial charge in [0.15, 0.2) is 0 Å². The predicted molar refractivity (Wildman–Crippen MR) is 81.4 cm³/mol. The van der Waals surface area contributed by atoms with Gasteiger partial charge < -0.3 is 10.6 Å². The third-order valence-corrected chi connectivity index (χ3v) is 3.23. The van der Waals surface area contributed by atoms with Crippen molar-refractivity contribution in [3.8, 4) is 0 Å². The van der Waals surface area contributed by atoms with E-state index < -0.39 is 12.6 Å². The molecule has 0 aliphatic carbocycles. The zero-order chi connectivity index (χ0) is 15.9. The average molecular weight is 344 g/mol. The Morgan fingerprint density at radius 3 is 2.14 bits per heavy atom. The maximum absolute atomic E-state index is 12.0. The molecule has 0 saturated heterocycles. The van der Waals surface area contributed by atoms with E-state index in [1.807, 2.05) is 6.92 Å². The fourth-order valence-electron chi connectivity index (χ4n) is 1.62. The van der Waals surface area contributed by atoms with Gasteiger partial charge in [-0.05, 0) is 25.3 Å². The van der Waals surface area contributed by atoms with Gasteiger partial charge in [0.1, 0.15) is 11.6 Å². The molecule has 1 heterocycles. The molecule has 0 fully saturated rings. The van der Waals surface area contributed by atoms with E-state index in [1.165, 1.54) is 0 Å². The van der Waals surface area contributed by atoms with Gasteiger partial charge in [0.2, 0.25) is 0 Å². The second kappa shape index (κ2) is 8.54. The summed E-state index contributed by atoms with van der Waals surface area (Å²) in [5.74, 6) is 0.937. The Bertz CT molecular complexity index is 453. The topological polar surface area (TPSA) is 37.0 Å². The lowest BCUT2D eigenvalue weighted by Gasteiger charge is -2.12. The standard InChI is InChI=1S/C13H18Cl2F3N3/c1-2-6-19-11-9(14)8-10(15)12(21-11)20-7-4-3-5-13(16,17)18/h8H,2-7H2,1H3,(H2,19,20,21). The largest absolute Gasteiger partial charge is 0.389 e. The van der Waals surface area contributed by atoms with Gasteiger partial charge in [0, 0.05) is 19.5 Å². The molecule has 0 unspecified atom stereocenters. The van der Waals surface area contributed by atoms with Crippen LogP contribution in [0.3, 0.4) is 0 Å². The van der Waals surface area contributed by atoms with Gasteiger partial charge in [-0.15, -0.1) is 0 Å². The van der Waals surface area contributed by atoms with Gasteiger partial charge in [-0.2, -0.15) is 13.2 Å². The van der Waals surface area contributed by atoms with Crippen LogP contribution >= 0.6 is 23.2 Å². The SMILES string of the molecule is CCCNc1nc(NCCCCC(F)(F)F)c(Cl)cc1Cl. The number of alkyl halides is 3. The highest BCUT2D eigenvalue weighted by Crippen LogP contribution is 2.29. The third-order valence-electron chi connectivity index (χ3n) is 2.65. The molecular formula is C13H18Cl2F3N3. The van der Waals surface area contributed by atoms with E-state index in [9.17, 15) is 13.2 Å². The summed E-state index contributed by atoms with van der Waals surface area (Å²) in [5, 5.41) is 6.75. The molecule has 0 amide bonds. The summed E-state index contributed by atoms with van der Waals surface area (Å²) < 4.78 is 36.0. The van der Waals surface area contributed by atoms with Crippen molar-refractivity contribution < 1.29 is 13.2 Å². The molecule has 1 rings (SSSR count). The number of rotatable bonds is 8. The van der Waals surface area contributed by atoms with Crippen LogP contribution < -0.4 is 10.6 Å². The average Bonchev–Trinajstić information content (AvgIpc) is 2.38. The van der Waals surface area contributed by atoms with Crippen molar-refractivity contribution in [2.75, 3.05) is 23.7 Å². The number of unbranched alkanes of at least 4 members (excludes halogenated alkanes) is 1. The van der Waals surface area contributed by atoms with Crippen molar-refractivity contribution in [1.82, 2.24) is 4.98 Å². The molecule has 0 saturated carbocycles. The first-order chi connectivity index (χ1) is 9.83. The van der Waals surface area contributed by atoms with E-state index in [4.69, 9.17) is 23.2 Å². The minimum absolute atomic E-state index is 0.0721. The zero-order valence-electron chi connectivity index (χ0n) is 11.7. The number of pyridine rings is 1. The molecule has 1 aromatic heterocycles. The monoisotopic (exact) mass is 343 g/mol. The van der Waals surface area contributed by atoms with Crippen LogP contribution in [0.2, 0.25) is 10.0 Å². The number of halogens is 5. The van der Waals surface area contributed by atoms with E-state index in [2.05, 4.69) is 15.6 Å². The summed E-state index contributed by atoms with van der Waals surface area (Å²) in [7, 11) is 0.